The molecule has 0 radical (unpaired) electrons. The zero-order chi connectivity index (χ0) is 17.8. The number of hydrogen-bond donors (Lipinski definition) is 1. The Balaban J connectivity index is 1.75. The molecule has 0 atom stereocenters. The van der Waals surface area contributed by atoms with E-state index in [1.807, 2.05) is 0 Å². The van der Waals surface area contributed by atoms with Crippen LogP contribution in [-0.4, -0.2) is 4.98 Å². The van der Waals surface area contributed by atoms with Crippen molar-refractivity contribution in [3.8, 4) is 22.4 Å². The minimum atomic E-state index is 1.10. The first kappa shape index (κ1) is 14.8. The molecule has 0 bridgehead atoms. The number of H-pyrrole nitrogens is 1. The van der Waals surface area contributed by atoms with Gasteiger partial charge in [0.25, 0.3) is 0 Å². The van der Waals surface area contributed by atoms with Gasteiger partial charge in [-0.05, 0) is 46.5 Å². The van der Waals surface area contributed by atoms with Crippen LogP contribution in [0.3, 0.4) is 0 Å². The van der Waals surface area contributed by atoms with E-state index in [1.165, 1.54) is 55.2 Å². The number of rotatable bonds is 1. The van der Waals surface area contributed by atoms with Gasteiger partial charge in [-0.25, -0.2) is 0 Å². The van der Waals surface area contributed by atoms with Crippen molar-refractivity contribution in [1.82, 2.24) is 4.98 Å². The highest BCUT2D eigenvalue weighted by atomic mass is 14.7. The zero-order valence-electron chi connectivity index (χ0n) is 15.0. The first-order chi connectivity index (χ1) is 13.4. The number of aromatic nitrogens is 1. The van der Waals surface area contributed by atoms with Crippen LogP contribution in [0.5, 0.6) is 0 Å². The number of hydrogen-bond acceptors (Lipinski definition) is 0. The number of fused-ring (bicyclic) bond motifs is 7. The summed E-state index contributed by atoms with van der Waals surface area (Å²) in [5.41, 5.74) is 9.45. The molecule has 0 fully saturated rings. The lowest BCUT2D eigenvalue weighted by Crippen LogP contribution is -2.02. The van der Waals surface area contributed by atoms with Gasteiger partial charge < -0.3 is 4.98 Å². The van der Waals surface area contributed by atoms with Crippen molar-refractivity contribution < 1.29 is 0 Å². The van der Waals surface area contributed by atoms with Crippen LogP contribution < -0.4 is 0 Å². The van der Waals surface area contributed by atoms with Gasteiger partial charge in [-0.15, -0.1) is 0 Å². The first-order valence-corrected chi connectivity index (χ1v) is 9.60. The monoisotopic (exact) mass is 345 g/mol. The maximum atomic E-state index is 3.79. The van der Waals surface area contributed by atoms with Crippen LogP contribution in [0, 0.1) is 0 Å². The topological polar surface area (TPSA) is 15.8 Å². The summed E-state index contributed by atoms with van der Waals surface area (Å²) in [7, 11) is 0. The summed E-state index contributed by atoms with van der Waals surface area (Å²) in [6.07, 6.45) is 2.21. The normalized spacial score (nSPS) is 12.9. The van der Waals surface area contributed by atoms with Gasteiger partial charge in [0.2, 0.25) is 0 Å². The molecular weight excluding hydrogens is 326 g/mol. The molecule has 1 aromatic heterocycles. The Morgan fingerprint density at radius 2 is 1.33 bits per heavy atom. The molecule has 1 aliphatic carbocycles. The molecule has 27 heavy (non-hydrogen) atoms. The summed E-state index contributed by atoms with van der Waals surface area (Å²) in [4.78, 5) is 3.79. The maximum absolute atomic E-state index is 3.79. The summed E-state index contributed by atoms with van der Waals surface area (Å²) >= 11 is 0. The Bertz CT molecular complexity index is 1310. The quantitative estimate of drug-likeness (QED) is 0.346. The molecule has 0 saturated carbocycles. The highest BCUT2D eigenvalue weighted by Crippen LogP contribution is 2.42. The first-order valence-electron chi connectivity index (χ1n) is 9.60. The van der Waals surface area contributed by atoms with E-state index < -0.39 is 0 Å². The van der Waals surface area contributed by atoms with Crippen LogP contribution in [0.25, 0.3) is 44.1 Å². The Morgan fingerprint density at radius 1 is 0.593 bits per heavy atom. The third-order valence-corrected chi connectivity index (χ3v) is 5.94. The van der Waals surface area contributed by atoms with Crippen LogP contribution >= 0.6 is 0 Å². The van der Waals surface area contributed by atoms with Crippen molar-refractivity contribution in [1.29, 1.82) is 0 Å². The van der Waals surface area contributed by atoms with Crippen LogP contribution in [0.15, 0.2) is 84.9 Å². The molecule has 0 aliphatic heterocycles. The average molecular weight is 345 g/mol. The molecule has 4 aromatic carbocycles. The van der Waals surface area contributed by atoms with Crippen molar-refractivity contribution in [2.75, 3.05) is 0 Å². The molecule has 1 heterocycles. The lowest BCUT2D eigenvalue weighted by atomic mass is 9.88. The fourth-order valence-corrected chi connectivity index (χ4v) is 4.67. The standard InChI is InChI=1S/C26H19N/c1-2-8-17(9-3-1)23-16-24-22-15-14-18-10-4-5-11-19(18)25(22)27-26(24)21-13-7-6-12-20(21)23/h1-13,16,27H,14-15H2. The van der Waals surface area contributed by atoms with Gasteiger partial charge in [0.15, 0.2) is 0 Å². The number of aryl methyl sites for hydroxylation is 2. The molecule has 0 saturated heterocycles. The second-order valence-corrected chi connectivity index (χ2v) is 7.39. The fraction of sp³-hybridized carbons (Fsp3) is 0.0769. The smallest absolute Gasteiger partial charge is 0.0541 e. The minimum absolute atomic E-state index is 1.10. The van der Waals surface area contributed by atoms with Gasteiger partial charge in [-0.2, -0.15) is 0 Å². The molecule has 0 spiro atoms. The van der Waals surface area contributed by atoms with E-state index in [1.54, 1.807) is 0 Å². The number of nitrogens with one attached hydrogen (secondary N) is 1. The lowest BCUT2D eigenvalue weighted by molar-refractivity contribution is 0.948. The van der Waals surface area contributed by atoms with Crippen LogP contribution in [-0.2, 0) is 12.8 Å². The SMILES string of the molecule is c1ccc(-c2cc3c4c([nH]c3c3ccccc23)-c2ccccc2CC4)cc1. The molecule has 1 nitrogen and oxygen atoms in total. The Kier molecular flexibility index (Phi) is 3.06. The molecule has 1 N–H and O–H groups in total. The largest absolute Gasteiger partial charge is 0.354 e. The number of aromatic amines is 1. The molecule has 6 rings (SSSR count). The van der Waals surface area contributed by atoms with Crippen molar-refractivity contribution >= 4 is 21.7 Å². The van der Waals surface area contributed by atoms with Gasteiger partial charge in [0.05, 0.1) is 5.52 Å². The van der Waals surface area contributed by atoms with E-state index in [-0.39, 0.29) is 0 Å². The van der Waals surface area contributed by atoms with Crippen molar-refractivity contribution in [3.05, 3.63) is 96.1 Å². The van der Waals surface area contributed by atoms with Crippen LogP contribution in [0.2, 0.25) is 0 Å². The average Bonchev–Trinajstić information content (AvgIpc) is 3.13. The highest BCUT2D eigenvalue weighted by Gasteiger charge is 2.22. The van der Waals surface area contributed by atoms with E-state index in [0.29, 0.717) is 0 Å². The Hall–Kier alpha value is -3.32. The predicted octanol–water partition coefficient (Wildman–Crippen LogP) is 6.75. The van der Waals surface area contributed by atoms with E-state index in [9.17, 15) is 0 Å². The van der Waals surface area contributed by atoms with Gasteiger partial charge >= 0.3 is 0 Å². The summed E-state index contributed by atoms with van der Waals surface area (Å²) in [5, 5.41) is 3.99. The molecular formula is C26H19N. The molecule has 128 valence electrons. The molecule has 0 amide bonds. The van der Waals surface area contributed by atoms with Crippen molar-refractivity contribution in [3.63, 3.8) is 0 Å². The van der Waals surface area contributed by atoms with E-state index >= 15 is 0 Å². The summed E-state index contributed by atoms with van der Waals surface area (Å²) in [5.74, 6) is 0. The highest BCUT2D eigenvalue weighted by molar-refractivity contribution is 6.14. The van der Waals surface area contributed by atoms with Crippen LogP contribution in [0.1, 0.15) is 11.1 Å². The number of benzene rings is 4. The van der Waals surface area contributed by atoms with Gasteiger partial charge in [-0.3, -0.25) is 0 Å². The second kappa shape index (κ2) is 5.59. The third kappa shape index (κ3) is 2.12. The fourth-order valence-electron chi connectivity index (χ4n) is 4.67. The second-order valence-electron chi connectivity index (χ2n) is 7.39. The maximum Gasteiger partial charge on any atom is 0.0541 e. The van der Waals surface area contributed by atoms with Gasteiger partial charge in [0.1, 0.15) is 0 Å². The van der Waals surface area contributed by atoms with Crippen LogP contribution in [0.4, 0.5) is 0 Å². The van der Waals surface area contributed by atoms with Crippen molar-refractivity contribution in [2.45, 2.75) is 12.8 Å². The van der Waals surface area contributed by atoms with E-state index in [2.05, 4.69) is 89.9 Å². The molecule has 0 unspecified atom stereocenters. The summed E-state index contributed by atoms with van der Waals surface area (Å²) < 4.78 is 0. The molecule has 1 aliphatic rings. The Morgan fingerprint density at radius 3 is 2.22 bits per heavy atom. The minimum Gasteiger partial charge on any atom is -0.354 e. The van der Waals surface area contributed by atoms with Gasteiger partial charge in [-0.1, -0.05) is 78.9 Å². The predicted molar refractivity (Wildman–Crippen MR) is 114 cm³/mol. The Labute approximate surface area is 158 Å². The lowest BCUT2D eigenvalue weighted by Gasteiger charge is -2.16. The summed E-state index contributed by atoms with van der Waals surface area (Å²) in [6.45, 7) is 0. The molecule has 5 aromatic rings. The van der Waals surface area contributed by atoms with E-state index in [0.717, 1.165) is 12.8 Å². The zero-order valence-corrected chi connectivity index (χ0v) is 15.0. The van der Waals surface area contributed by atoms with Crippen molar-refractivity contribution in [2.24, 2.45) is 0 Å². The van der Waals surface area contributed by atoms with E-state index in [4.69, 9.17) is 0 Å². The molecule has 1 heteroatoms. The summed E-state index contributed by atoms with van der Waals surface area (Å²) in [6, 6.07) is 30.7. The third-order valence-electron chi connectivity index (χ3n) is 5.94. The van der Waals surface area contributed by atoms with Gasteiger partial charge in [0, 0.05) is 22.0 Å².